The SMILES string of the molecule is CCOc1ccc(NC2c3ncccc3C(=O)N2c2ccc(C)cc2)cc1. The van der Waals surface area contributed by atoms with Crippen molar-refractivity contribution in [1.82, 2.24) is 4.98 Å². The van der Waals surface area contributed by atoms with Gasteiger partial charge in [0.25, 0.3) is 5.91 Å². The van der Waals surface area contributed by atoms with Crippen molar-refractivity contribution in [2.45, 2.75) is 20.0 Å². The van der Waals surface area contributed by atoms with Gasteiger partial charge in [-0.15, -0.1) is 0 Å². The zero-order valence-corrected chi connectivity index (χ0v) is 15.3. The number of benzene rings is 2. The summed E-state index contributed by atoms with van der Waals surface area (Å²) in [6.07, 6.45) is 1.35. The Morgan fingerprint density at radius 2 is 1.81 bits per heavy atom. The first-order valence-corrected chi connectivity index (χ1v) is 9.02. The van der Waals surface area contributed by atoms with Crippen molar-refractivity contribution in [2.24, 2.45) is 0 Å². The Balaban J connectivity index is 1.70. The zero-order chi connectivity index (χ0) is 18.8. The minimum absolute atomic E-state index is 0.0506. The van der Waals surface area contributed by atoms with Crippen molar-refractivity contribution in [3.8, 4) is 5.75 Å². The Bertz CT molecular complexity index is 952. The van der Waals surface area contributed by atoms with Crippen LogP contribution in [0, 0.1) is 6.92 Å². The normalized spacial score (nSPS) is 15.6. The number of carbonyl (C=O) groups is 1. The molecule has 27 heavy (non-hydrogen) atoms. The van der Waals surface area contributed by atoms with Gasteiger partial charge >= 0.3 is 0 Å². The van der Waals surface area contributed by atoms with Gasteiger partial charge in [0, 0.05) is 17.6 Å². The molecule has 1 aliphatic rings. The molecule has 1 atom stereocenters. The molecule has 0 bridgehead atoms. The molecule has 0 spiro atoms. The van der Waals surface area contributed by atoms with Crippen LogP contribution in [0.15, 0.2) is 66.9 Å². The lowest BCUT2D eigenvalue weighted by Gasteiger charge is -2.26. The molecule has 0 radical (unpaired) electrons. The maximum Gasteiger partial charge on any atom is 0.262 e. The van der Waals surface area contributed by atoms with E-state index in [1.54, 1.807) is 17.2 Å². The maximum absolute atomic E-state index is 13.0. The lowest BCUT2D eigenvalue weighted by Crippen LogP contribution is -2.32. The summed E-state index contributed by atoms with van der Waals surface area (Å²) in [5.74, 6) is 0.768. The number of carbonyl (C=O) groups excluding carboxylic acids is 1. The van der Waals surface area contributed by atoms with Crippen LogP contribution in [0.3, 0.4) is 0 Å². The fourth-order valence-electron chi connectivity index (χ4n) is 3.26. The summed E-state index contributed by atoms with van der Waals surface area (Å²) < 4.78 is 5.50. The first-order valence-electron chi connectivity index (χ1n) is 9.02. The number of amides is 1. The number of hydrogen-bond donors (Lipinski definition) is 1. The zero-order valence-electron chi connectivity index (χ0n) is 15.3. The first-order chi connectivity index (χ1) is 13.2. The smallest absolute Gasteiger partial charge is 0.262 e. The number of aromatic nitrogens is 1. The third-order valence-electron chi connectivity index (χ3n) is 4.59. The maximum atomic E-state index is 13.0. The number of aryl methyl sites for hydroxylation is 1. The van der Waals surface area contributed by atoms with E-state index in [1.807, 2.05) is 68.4 Å². The van der Waals surface area contributed by atoms with Crippen LogP contribution in [0.5, 0.6) is 5.75 Å². The van der Waals surface area contributed by atoms with Crippen molar-refractivity contribution in [3.63, 3.8) is 0 Å². The fraction of sp³-hybridized carbons (Fsp3) is 0.182. The topological polar surface area (TPSA) is 54.5 Å². The molecule has 4 rings (SSSR count). The van der Waals surface area contributed by atoms with E-state index >= 15 is 0 Å². The number of nitrogens with zero attached hydrogens (tertiary/aromatic N) is 2. The van der Waals surface area contributed by atoms with Gasteiger partial charge in [0.05, 0.1) is 17.9 Å². The standard InChI is InChI=1S/C22H21N3O2/c1-3-27-18-12-8-16(9-13-18)24-21-20-19(5-4-14-23-20)22(26)25(21)17-10-6-15(2)7-11-17/h4-14,21,24H,3H2,1-2H3. The lowest BCUT2D eigenvalue weighted by molar-refractivity contribution is 0.0993. The molecule has 136 valence electrons. The Morgan fingerprint density at radius 1 is 1.07 bits per heavy atom. The lowest BCUT2D eigenvalue weighted by atomic mass is 10.2. The van der Waals surface area contributed by atoms with Gasteiger partial charge in [-0.1, -0.05) is 17.7 Å². The molecule has 0 fully saturated rings. The summed E-state index contributed by atoms with van der Waals surface area (Å²) in [6, 6.07) is 19.3. The molecule has 1 aliphatic heterocycles. The van der Waals surface area contributed by atoms with Crippen molar-refractivity contribution in [2.75, 3.05) is 16.8 Å². The van der Waals surface area contributed by atoms with E-state index in [-0.39, 0.29) is 12.1 Å². The monoisotopic (exact) mass is 359 g/mol. The highest BCUT2D eigenvalue weighted by Crippen LogP contribution is 2.37. The highest BCUT2D eigenvalue weighted by atomic mass is 16.5. The molecule has 3 aromatic rings. The summed E-state index contributed by atoms with van der Waals surface area (Å²) >= 11 is 0. The number of hydrogen-bond acceptors (Lipinski definition) is 4. The second-order valence-electron chi connectivity index (χ2n) is 6.45. The molecule has 0 saturated heterocycles. The van der Waals surface area contributed by atoms with Crippen molar-refractivity contribution < 1.29 is 9.53 Å². The predicted octanol–water partition coefficient (Wildman–Crippen LogP) is 4.56. The highest BCUT2D eigenvalue weighted by Gasteiger charge is 2.38. The number of nitrogens with one attached hydrogen (secondary N) is 1. The Kier molecular flexibility index (Phi) is 4.50. The molecule has 1 amide bonds. The van der Waals surface area contributed by atoms with Gasteiger partial charge in [-0.25, -0.2) is 0 Å². The van der Waals surface area contributed by atoms with Crippen molar-refractivity contribution in [3.05, 3.63) is 83.7 Å². The van der Waals surface area contributed by atoms with Gasteiger partial charge in [-0.05, 0) is 62.4 Å². The Hall–Kier alpha value is -3.34. The summed E-state index contributed by atoms with van der Waals surface area (Å²) in [7, 11) is 0. The summed E-state index contributed by atoms with van der Waals surface area (Å²) in [5, 5.41) is 3.45. The minimum atomic E-state index is -0.366. The summed E-state index contributed by atoms with van der Waals surface area (Å²) in [4.78, 5) is 19.3. The highest BCUT2D eigenvalue weighted by molar-refractivity contribution is 6.11. The van der Waals surface area contributed by atoms with E-state index in [9.17, 15) is 4.79 Å². The van der Waals surface area contributed by atoms with Crippen LogP contribution in [0.1, 0.15) is 34.7 Å². The molecule has 1 N–H and O–H groups in total. The molecule has 2 aromatic carbocycles. The number of anilines is 2. The van der Waals surface area contributed by atoms with E-state index in [2.05, 4.69) is 10.3 Å². The van der Waals surface area contributed by atoms with E-state index < -0.39 is 0 Å². The third-order valence-corrected chi connectivity index (χ3v) is 4.59. The van der Waals surface area contributed by atoms with Crippen molar-refractivity contribution in [1.29, 1.82) is 0 Å². The van der Waals surface area contributed by atoms with Gasteiger partial charge < -0.3 is 10.1 Å². The molecular weight excluding hydrogens is 338 g/mol. The Morgan fingerprint density at radius 3 is 2.52 bits per heavy atom. The number of rotatable bonds is 5. The van der Waals surface area contributed by atoms with E-state index in [0.717, 1.165) is 28.4 Å². The largest absolute Gasteiger partial charge is 0.494 e. The second-order valence-corrected chi connectivity index (χ2v) is 6.45. The molecule has 5 nitrogen and oxygen atoms in total. The minimum Gasteiger partial charge on any atom is -0.494 e. The van der Waals surface area contributed by atoms with Gasteiger partial charge in [-0.3, -0.25) is 14.7 Å². The fourth-order valence-corrected chi connectivity index (χ4v) is 3.26. The molecule has 1 aromatic heterocycles. The van der Waals surface area contributed by atoms with E-state index in [1.165, 1.54) is 0 Å². The van der Waals surface area contributed by atoms with Crippen LogP contribution in [-0.4, -0.2) is 17.5 Å². The molecular formula is C22H21N3O2. The van der Waals surface area contributed by atoms with Gasteiger partial charge in [0.15, 0.2) is 6.17 Å². The third kappa shape index (κ3) is 3.24. The van der Waals surface area contributed by atoms with Crippen LogP contribution < -0.4 is 15.0 Å². The molecule has 0 aliphatic carbocycles. The quantitative estimate of drug-likeness (QED) is 0.726. The number of fused-ring (bicyclic) bond motifs is 1. The summed E-state index contributed by atoms with van der Waals surface area (Å²) in [5.41, 5.74) is 4.24. The van der Waals surface area contributed by atoms with Gasteiger partial charge in [-0.2, -0.15) is 0 Å². The van der Waals surface area contributed by atoms with Crippen LogP contribution >= 0.6 is 0 Å². The number of ether oxygens (including phenoxy) is 1. The van der Waals surface area contributed by atoms with Crippen LogP contribution in [0.2, 0.25) is 0 Å². The van der Waals surface area contributed by atoms with Gasteiger partial charge in [0.2, 0.25) is 0 Å². The van der Waals surface area contributed by atoms with E-state index in [0.29, 0.717) is 12.2 Å². The van der Waals surface area contributed by atoms with Gasteiger partial charge in [0.1, 0.15) is 5.75 Å². The number of pyridine rings is 1. The second kappa shape index (κ2) is 7.11. The first kappa shape index (κ1) is 17.1. The van der Waals surface area contributed by atoms with Crippen molar-refractivity contribution >= 4 is 17.3 Å². The average molecular weight is 359 g/mol. The molecule has 0 saturated carbocycles. The summed E-state index contributed by atoms with van der Waals surface area (Å²) in [6.45, 7) is 4.61. The molecule has 1 unspecified atom stereocenters. The Labute approximate surface area is 158 Å². The molecule has 2 heterocycles. The van der Waals surface area contributed by atoms with E-state index in [4.69, 9.17) is 4.74 Å². The average Bonchev–Trinajstić information content (AvgIpc) is 2.97. The van der Waals surface area contributed by atoms with Crippen LogP contribution in [0.25, 0.3) is 0 Å². The van der Waals surface area contributed by atoms with Crippen LogP contribution in [-0.2, 0) is 0 Å². The van der Waals surface area contributed by atoms with Crippen LogP contribution in [0.4, 0.5) is 11.4 Å². The molecule has 5 heteroatoms. The predicted molar refractivity (Wildman–Crippen MR) is 106 cm³/mol.